The number of aliphatic carboxylic acids is 1. The summed E-state index contributed by atoms with van der Waals surface area (Å²) in [6.07, 6.45) is 11.1. The molecule has 1 saturated heterocycles. The van der Waals surface area contributed by atoms with Crippen molar-refractivity contribution in [2.75, 3.05) is 26.9 Å². The predicted molar refractivity (Wildman–Crippen MR) is 152 cm³/mol. The molecule has 12 nitrogen and oxygen atoms in total. The van der Waals surface area contributed by atoms with Crippen LogP contribution < -0.4 is 21.6 Å². The SMILES string of the molecule is C#CN/C(=N\C(=C/C)OC1CCOC1)OC/C(=C(/N)c1ccc(OC2CC3CCC(C(=O)O)C3C2)c(C)n1)N(C)N. The number of aryl methyl sites for hydroxylation is 1. The van der Waals surface area contributed by atoms with Gasteiger partial charge in [0.15, 0.2) is 0 Å². The van der Waals surface area contributed by atoms with E-state index in [-0.39, 0.29) is 36.7 Å². The molecule has 3 aliphatic rings. The highest BCUT2D eigenvalue weighted by molar-refractivity contribution is 5.77. The number of hydrogen-bond donors (Lipinski definition) is 4. The van der Waals surface area contributed by atoms with E-state index in [1.165, 1.54) is 5.01 Å². The molecule has 1 aromatic heterocycles. The van der Waals surface area contributed by atoms with Crippen LogP contribution in [0, 0.1) is 37.1 Å². The van der Waals surface area contributed by atoms with Gasteiger partial charge in [0.1, 0.15) is 18.5 Å². The Labute approximate surface area is 240 Å². The van der Waals surface area contributed by atoms with Crippen molar-refractivity contribution in [1.82, 2.24) is 15.3 Å². The molecule has 5 atom stereocenters. The lowest BCUT2D eigenvalue weighted by Gasteiger charge is -2.21. The van der Waals surface area contributed by atoms with Gasteiger partial charge in [0.2, 0.25) is 5.88 Å². The standard InChI is InChI=1S/C29H40N6O6/c1-5-26(41-19-11-12-38-15-19)34-29(32-6-2)39-16-24(35(4)31)27(30)23-9-10-25(17(3)33-23)40-20-13-18-7-8-21(28(36)37)22(18)14-20/h2,5,9-10,18-22H,7-8,11-16,30-31H2,1,3-4H3,(H,32,34)(H,36,37)/b26-5+,27-24-. The molecular formula is C29H40N6O6. The zero-order chi connectivity index (χ0) is 29.5. The predicted octanol–water partition coefficient (Wildman–Crippen LogP) is 2.31. The number of carbonyl (C=O) groups is 1. The quantitative estimate of drug-likeness (QED) is 0.0622. The topological polar surface area (TPSA) is 167 Å². The molecule has 0 amide bonds. The highest BCUT2D eigenvalue weighted by atomic mass is 16.6. The molecule has 5 unspecified atom stereocenters. The lowest BCUT2D eigenvalue weighted by molar-refractivity contribution is -0.143. The molecule has 2 saturated carbocycles. The van der Waals surface area contributed by atoms with E-state index < -0.39 is 5.97 Å². The third kappa shape index (κ3) is 7.42. The second kappa shape index (κ2) is 13.6. The summed E-state index contributed by atoms with van der Waals surface area (Å²) in [4.78, 5) is 20.6. The smallest absolute Gasteiger partial charge is 0.306 e. The first kappa shape index (κ1) is 30.0. The van der Waals surface area contributed by atoms with Crippen molar-refractivity contribution in [1.29, 1.82) is 0 Å². The van der Waals surface area contributed by atoms with Crippen molar-refractivity contribution in [3.8, 4) is 18.2 Å². The number of carboxylic acids is 1. The monoisotopic (exact) mass is 568 g/mol. The first-order valence-electron chi connectivity index (χ1n) is 13.9. The van der Waals surface area contributed by atoms with Crippen LogP contribution in [0.1, 0.15) is 50.4 Å². The number of aromatic nitrogens is 1. The van der Waals surface area contributed by atoms with E-state index in [1.54, 1.807) is 26.1 Å². The molecule has 1 aliphatic heterocycles. The third-order valence-electron chi connectivity index (χ3n) is 7.89. The number of aliphatic imine (C=N–C) groups is 1. The van der Waals surface area contributed by atoms with E-state index in [2.05, 4.69) is 21.3 Å². The van der Waals surface area contributed by atoms with Crippen LogP contribution >= 0.6 is 0 Å². The van der Waals surface area contributed by atoms with Gasteiger partial charge in [-0.1, -0.05) is 6.42 Å². The number of carboxylic acid groups (broad SMARTS) is 1. The maximum Gasteiger partial charge on any atom is 0.306 e. The van der Waals surface area contributed by atoms with Gasteiger partial charge in [-0.2, -0.15) is 4.99 Å². The van der Waals surface area contributed by atoms with E-state index in [4.69, 9.17) is 36.9 Å². The fourth-order valence-electron chi connectivity index (χ4n) is 5.79. The molecule has 0 radical (unpaired) electrons. The van der Waals surface area contributed by atoms with Crippen molar-refractivity contribution in [2.45, 2.75) is 58.2 Å². The number of ether oxygens (including phenoxy) is 4. The molecule has 222 valence electrons. The summed E-state index contributed by atoms with van der Waals surface area (Å²) < 4.78 is 23.3. The van der Waals surface area contributed by atoms with Gasteiger partial charge in [0.05, 0.1) is 48.0 Å². The van der Waals surface area contributed by atoms with Gasteiger partial charge in [-0.3, -0.25) is 10.1 Å². The van der Waals surface area contributed by atoms with Gasteiger partial charge in [0.25, 0.3) is 0 Å². The Morgan fingerprint density at radius 3 is 2.78 bits per heavy atom. The molecule has 0 bridgehead atoms. The zero-order valence-electron chi connectivity index (χ0n) is 23.8. The molecule has 3 fully saturated rings. The van der Waals surface area contributed by atoms with Crippen molar-refractivity contribution in [3.63, 3.8) is 0 Å². The van der Waals surface area contributed by atoms with E-state index in [9.17, 15) is 9.90 Å². The van der Waals surface area contributed by atoms with Crippen LogP contribution in [0.5, 0.6) is 5.75 Å². The number of nitrogens with zero attached hydrogens (tertiary/aromatic N) is 3. The summed E-state index contributed by atoms with van der Waals surface area (Å²) in [5.41, 5.74) is 8.43. The lowest BCUT2D eigenvalue weighted by atomic mass is 9.92. The summed E-state index contributed by atoms with van der Waals surface area (Å²) in [7, 11) is 1.64. The Morgan fingerprint density at radius 2 is 2.15 bits per heavy atom. The van der Waals surface area contributed by atoms with Crippen molar-refractivity contribution in [3.05, 3.63) is 41.2 Å². The van der Waals surface area contributed by atoms with Gasteiger partial charge in [-0.25, -0.2) is 10.8 Å². The summed E-state index contributed by atoms with van der Waals surface area (Å²) in [6, 6.07) is 5.95. The largest absolute Gasteiger partial charge is 0.489 e. The summed E-state index contributed by atoms with van der Waals surface area (Å²) in [6.45, 7) is 4.73. The first-order valence-corrected chi connectivity index (χ1v) is 13.9. The van der Waals surface area contributed by atoms with Crippen LogP contribution in [0.25, 0.3) is 5.70 Å². The third-order valence-corrected chi connectivity index (χ3v) is 7.89. The van der Waals surface area contributed by atoms with Crippen molar-refractivity contribution < 1.29 is 28.8 Å². The highest BCUT2D eigenvalue weighted by Crippen LogP contribution is 2.48. The molecule has 6 N–H and O–H groups in total. The minimum absolute atomic E-state index is 0.0286. The maximum absolute atomic E-state index is 11.6. The number of amidine groups is 1. The zero-order valence-corrected chi connectivity index (χ0v) is 23.8. The Balaban J connectivity index is 1.43. The number of pyridine rings is 1. The van der Waals surface area contributed by atoms with Crippen LogP contribution in [0.15, 0.2) is 34.8 Å². The highest BCUT2D eigenvalue weighted by Gasteiger charge is 2.47. The Morgan fingerprint density at radius 1 is 1.34 bits per heavy atom. The van der Waals surface area contributed by atoms with Crippen molar-refractivity contribution in [2.24, 2.45) is 34.3 Å². The summed E-state index contributed by atoms with van der Waals surface area (Å²) >= 11 is 0. The van der Waals surface area contributed by atoms with Gasteiger partial charge in [-0.15, -0.1) is 0 Å². The van der Waals surface area contributed by atoms with E-state index >= 15 is 0 Å². The number of hydrogen-bond acceptors (Lipinski definition) is 10. The second-order valence-electron chi connectivity index (χ2n) is 10.6. The Hall–Kier alpha value is -3.95. The van der Waals surface area contributed by atoms with Crippen LogP contribution in [0.2, 0.25) is 0 Å². The van der Waals surface area contributed by atoms with Crippen LogP contribution in [-0.2, 0) is 19.0 Å². The molecule has 2 heterocycles. The number of terminal acetylenes is 1. The lowest BCUT2D eigenvalue weighted by Crippen LogP contribution is -2.33. The van der Waals surface area contributed by atoms with Gasteiger partial charge < -0.3 is 34.8 Å². The average molecular weight is 569 g/mol. The second-order valence-corrected chi connectivity index (χ2v) is 10.6. The van der Waals surface area contributed by atoms with E-state index in [1.807, 2.05) is 13.0 Å². The number of nitrogens with two attached hydrogens (primary N) is 2. The Bertz CT molecular complexity index is 1230. The number of fused-ring (bicyclic) bond motifs is 1. The van der Waals surface area contributed by atoms with Crippen molar-refractivity contribution >= 4 is 17.7 Å². The minimum atomic E-state index is -0.699. The minimum Gasteiger partial charge on any atom is -0.489 e. The van der Waals surface area contributed by atoms with E-state index in [0.717, 1.165) is 32.1 Å². The van der Waals surface area contributed by atoms with Gasteiger partial charge in [0, 0.05) is 19.5 Å². The number of rotatable bonds is 10. The molecule has 1 aromatic rings. The van der Waals surface area contributed by atoms with Crippen LogP contribution in [0.3, 0.4) is 0 Å². The fourth-order valence-corrected chi connectivity index (χ4v) is 5.79. The molecular weight excluding hydrogens is 528 g/mol. The number of likely N-dealkylation sites (N-methyl/N-ethyl adjacent to an activating group) is 1. The van der Waals surface area contributed by atoms with Gasteiger partial charge >= 0.3 is 12.0 Å². The maximum atomic E-state index is 11.6. The molecule has 0 aromatic carbocycles. The molecule has 12 heteroatoms. The average Bonchev–Trinajstić information content (AvgIpc) is 3.67. The number of nitrogens with one attached hydrogen (secondary N) is 1. The summed E-state index contributed by atoms with van der Waals surface area (Å²) in [5, 5.41) is 13.5. The van der Waals surface area contributed by atoms with E-state index in [0.29, 0.717) is 53.5 Å². The van der Waals surface area contributed by atoms with Crippen LogP contribution in [-0.4, -0.2) is 66.2 Å². The van der Waals surface area contributed by atoms with Crippen LogP contribution in [0.4, 0.5) is 0 Å². The number of allylic oxidation sites excluding steroid dienone is 1. The molecule has 41 heavy (non-hydrogen) atoms. The fraction of sp³-hybridized carbons (Fsp3) is 0.552. The Kier molecular flexibility index (Phi) is 9.96. The molecule has 2 aliphatic carbocycles. The number of hydrazine groups is 1. The molecule has 4 rings (SSSR count). The summed E-state index contributed by atoms with van der Waals surface area (Å²) in [5.74, 6) is 6.70. The first-order chi connectivity index (χ1) is 19.7. The molecule has 0 spiro atoms. The normalized spacial score (nSPS) is 26.6. The van der Waals surface area contributed by atoms with Gasteiger partial charge in [-0.05, 0) is 69.6 Å².